The van der Waals surface area contributed by atoms with Crippen molar-refractivity contribution >= 4 is 0 Å². The summed E-state index contributed by atoms with van der Waals surface area (Å²) in [4.78, 5) is 8.12. The molecule has 0 atom stereocenters. The predicted octanol–water partition coefficient (Wildman–Crippen LogP) is -1.67. The van der Waals surface area contributed by atoms with Crippen LogP contribution in [0.5, 0.6) is 0 Å². The summed E-state index contributed by atoms with van der Waals surface area (Å²) < 4.78 is 0. The summed E-state index contributed by atoms with van der Waals surface area (Å²) in [5, 5.41) is 8.38. The molecule has 0 radical (unpaired) electrons. The number of nitrogens with one attached hydrogen (secondary N) is 1. The molecule has 0 bridgehead atoms. The van der Waals surface area contributed by atoms with Gasteiger partial charge in [0, 0.05) is 26.4 Å². The van der Waals surface area contributed by atoms with Crippen LogP contribution in [0, 0.1) is 10.1 Å². The fraction of sp³-hybridized carbons (Fsp3) is 0. The maximum atomic E-state index is 8.12. The molecule has 0 aromatic rings. The van der Waals surface area contributed by atoms with Crippen molar-refractivity contribution in [1.29, 1.82) is 0 Å². The molecule has 0 aliphatic carbocycles. The normalized spacial score (nSPS) is 3.00. The maximum absolute atomic E-state index is 8.12. The molecule has 0 aliphatic heterocycles. The first-order valence-corrected chi connectivity index (χ1v) is 0.408. The molecule has 24 valence electrons. The molecule has 0 rings (SSSR count). The van der Waals surface area contributed by atoms with Gasteiger partial charge in [0.05, 0.1) is 0 Å². The van der Waals surface area contributed by atoms with E-state index in [1.807, 2.05) is 0 Å². The monoisotopic (exact) mass is 231 g/mol. The largest absolute Gasteiger partial charge is 0.267 e. The number of rotatable bonds is 0. The third-order valence-corrected chi connectivity index (χ3v) is 0. The molecular formula is HNO2W. The van der Waals surface area contributed by atoms with Gasteiger partial charge < -0.3 is 0 Å². The van der Waals surface area contributed by atoms with Crippen LogP contribution in [0.1, 0.15) is 0 Å². The fourth-order valence-electron chi connectivity index (χ4n) is 0. The Morgan fingerprint density at radius 1 is 1.75 bits per heavy atom. The van der Waals surface area contributed by atoms with E-state index in [4.69, 9.17) is 10.1 Å². The summed E-state index contributed by atoms with van der Waals surface area (Å²) in [5.74, 6) is 0. The molecular weight excluding hydrogens is 230 g/mol. The van der Waals surface area contributed by atoms with Crippen molar-refractivity contribution in [1.82, 2.24) is 0 Å². The summed E-state index contributed by atoms with van der Waals surface area (Å²) >= 11 is 0. The Hall–Kier alpha value is 0.0883. The van der Waals surface area contributed by atoms with Gasteiger partial charge in [-0.3, -0.25) is 10.1 Å². The molecule has 0 fully saturated rings. The van der Waals surface area contributed by atoms with Crippen molar-refractivity contribution in [3.8, 4) is 0 Å². The first-order chi connectivity index (χ1) is 1.41. The first kappa shape index (κ1) is 8.94. The van der Waals surface area contributed by atoms with E-state index < -0.39 is 0 Å². The van der Waals surface area contributed by atoms with E-state index in [-0.39, 0.29) is 26.4 Å². The van der Waals surface area contributed by atoms with Crippen molar-refractivity contribution < 1.29 is 26.4 Å². The molecule has 0 aliphatic rings. The zero-order valence-electron chi connectivity index (χ0n) is 1.72. The van der Waals surface area contributed by atoms with E-state index in [0.29, 0.717) is 0 Å². The summed E-state index contributed by atoms with van der Waals surface area (Å²) in [7, 11) is 0. The average Bonchev–Trinajstić information content (AvgIpc) is 0.918. The van der Waals surface area contributed by atoms with Gasteiger partial charge >= 0.3 is 0 Å². The molecule has 0 heterocycles. The van der Waals surface area contributed by atoms with E-state index in [9.17, 15) is 0 Å². The standard InChI is InChI=1S/HNO2.W/c2-1-3;/h1H;. The Kier molecular flexibility index (Phi) is 25.4. The SMILES string of the molecule is O=[NH+][O-].[W]. The topological polar surface area (TPSA) is 54.1 Å². The van der Waals surface area contributed by atoms with Crippen molar-refractivity contribution in [2.75, 3.05) is 0 Å². The van der Waals surface area contributed by atoms with Crippen LogP contribution in [0.15, 0.2) is 0 Å². The van der Waals surface area contributed by atoms with E-state index in [1.165, 1.54) is 0 Å². The molecule has 3 nitrogen and oxygen atoms in total. The summed E-state index contributed by atoms with van der Waals surface area (Å²) in [6, 6.07) is 0. The smallest absolute Gasteiger partial charge is 0.00366 e. The van der Waals surface area contributed by atoms with Gasteiger partial charge in [-0.1, -0.05) is 0 Å². The molecule has 0 aromatic carbocycles. The molecule has 0 unspecified atom stereocenters. The second kappa shape index (κ2) is 11.4. The van der Waals surface area contributed by atoms with Gasteiger partial charge in [0.25, 0.3) is 0 Å². The summed E-state index contributed by atoms with van der Waals surface area (Å²) in [6.07, 6.45) is 0. The van der Waals surface area contributed by atoms with Gasteiger partial charge in [-0.05, 0) is 0 Å². The summed E-state index contributed by atoms with van der Waals surface area (Å²) in [5.41, 5.74) is 0. The minimum atomic E-state index is 0. The number of hydrogen-bond acceptors (Lipinski definition) is 2. The molecule has 4 heavy (non-hydrogen) atoms. The Morgan fingerprint density at radius 3 is 1.75 bits per heavy atom. The van der Waals surface area contributed by atoms with Gasteiger partial charge in [-0.25, -0.2) is 0 Å². The fourth-order valence-corrected chi connectivity index (χ4v) is 0. The third-order valence-electron chi connectivity index (χ3n) is 0. The van der Waals surface area contributed by atoms with Crippen LogP contribution < -0.4 is 5.34 Å². The quantitative estimate of drug-likeness (QED) is 0.400. The predicted molar refractivity (Wildman–Crippen MR) is 7.70 cm³/mol. The molecule has 0 saturated carbocycles. The van der Waals surface area contributed by atoms with Gasteiger partial charge in [0.2, 0.25) is 0 Å². The first-order valence-electron chi connectivity index (χ1n) is 0.408. The van der Waals surface area contributed by atoms with Crippen LogP contribution in [-0.2, 0) is 21.1 Å². The van der Waals surface area contributed by atoms with E-state index >= 15 is 0 Å². The Balaban J connectivity index is 0. The van der Waals surface area contributed by atoms with Crippen LogP contribution in [0.4, 0.5) is 0 Å². The Morgan fingerprint density at radius 2 is 1.75 bits per heavy atom. The Bertz CT molecular complexity index is 13.5. The zero-order chi connectivity index (χ0) is 2.71. The maximum Gasteiger partial charge on any atom is 0.00366 e. The van der Waals surface area contributed by atoms with Crippen molar-refractivity contribution in [2.24, 2.45) is 0 Å². The van der Waals surface area contributed by atoms with Crippen LogP contribution in [0.3, 0.4) is 0 Å². The van der Waals surface area contributed by atoms with Crippen molar-refractivity contribution in [2.45, 2.75) is 0 Å². The summed E-state index contributed by atoms with van der Waals surface area (Å²) in [6.45, 7) is 0. The van der Waals surface area contributed by atoms with E-state index in [1.54, 1.807) is 0 Å². The molecule has 0 aromatic heterocycles. The second-order valence-corrected chi connectivity index (χ2v) is 0.0833. The zero-order valence-corrected chi connectivity index (χ0v) is 4.66. The van der Waals surface area contributed by atoms with Gasteiger partial charge in [0.15, 0.2) is 0 Å². The van der Waals surface area contributed by atoms with Gasteiger partial charge in [0.1, 0.15) is 0 Å². The molecule has 0 amide bonds. The minimum Gasteiger partial charge on any atom is -0.267 e. The number of hydrogen-bond donors (Lipinski definition) is 1. The molecule has 0 spiro atoms. The van der Waals surface area contributed by atoms with Crippen molar-refractivity contribution in [3.63, 3.8) is 0 Å². The van der Waals surface area contributed by atoms with Crippen LogP contribution in [0.2, 0.25) is 0 Å². The third kappa shape index (κ3) is 317. The van der Waals surface area contributed by atoms with Crippen LogP contribution in [0.25, 0.3) is 0 Å². The Labute approximate surface area is 37.2 Å². The molecule has 4 heteroatoms. The van der Waals surface area contributed by atoms with E-state index in [2.05, 4.69) is 0 Å². The van der Waals surface area contributed by atoms with E-state index in [0.717, 1.165) is 0 Å². The molecule has 0 saturated heterocycles. The van der Waals surface area contributed by atoms with Crippen molar-refractivity contribution in [3.05, 3.63) is 10.1 Å². The van der Waals surface area contributed by atoms with Gasteiger partial charge in [-0.15, -0.1) is 0 Å². The molecule has 1 N–H and O–H groups in total. The van der Waals surface area contributed by atoms with Gasteiger partial charge in [-0.2, -0.15) is 0 Å². The second-order valence-electron chi connectivity index (χ2n) is 0.0833. The van der Waals surface area contributed by atoms with Crippen LogP contribution >= 0.6 is 0 Å². The minimum absolute atomic E-state index is 0. The van der Waals surface area contributed by atoms with Crippen LogP contribution in [-0.4, -0.2) is 0 Å². The average molecular weight is 231 g/mol.